The maximum Gasteiger partial charge on any atom is 0.320 e. The first-order valence-corrected chi connectivity index (χ1v) is 7.75. The van der Waals surface area contributed by atoms with Crippen LogP contribution in [0.4, 0.5) is 0 Å². The molecule has 0 fully saturated rings. The summed E-state index contributed by atoms with van der Waals surface area (Å²) in [7, 11) is 3.22. The number of methoxy groups -OCH3 is 2. The molecule has 0 aliphatic carbocycles. The number of hydrogen-bond acceptors (Lipinski definition) is 4. The lowest BCUT2D eigenvalue weighted by Crippen LogP contribution is -2.44. The number of aliphatic carboxylic acids is 1. The van der Waals surface area contributed by atoms with E-state index in [-0.39, 0.29) is 6.04 Å². The van der Waals surface area contributed by atoms with Gasteiger partial charge in [-0.2, -0.15) is 0 Å². The maximum atomic E-state index is 11.3. The molecule has 22 heavy (non-hydrogen) atoms. The van der Waals surface area contributed by atoms with E-state index >= 15 is 0 Å². The summed E-state index contributed by atoms with van der Waals surface area (Å²) in [5, 5.41) is 12.5. The summed E-state index contributed by atoms with van der Waals surface area (Å²) < 4.78 is 10.5. The average molecular weight is 309 g/mol. The molecule has 1 aromatic carbocycles. The van der Waals surface area contributed by atoms with Crippen molar-refractivity contribution >= 4 is 5.97 Å². The van der Waals surface area contributed by atoms with Crippen LogP contribution in [-0.2, 0) is 11.2 Å². The summed E-state index contributed by atoms with van der Waals surface area (Å²) in [6.45, 7) is 4.05. The third-order valence-electron chi connectivity index (χ3n) is 3.74. The molecule has 0 bridgehead atoms. The van der Waals surface area contributed by atoms with E-state index in [0.29, 0.717) is 17.9 Å². The van der Waals surface area contributed by atoms with Crippen molar-refractivity contribution < 1.29 is 19.4 Å². The van der Waals surface area contributed by atoms with E-state index in [4.69, 9.17) is 9.47 Å². The fourth-order valence-electron chi connectivity index (χ4n) is 2.46. The van der Waals surface area contributed by atoms with E-state index in [1.807, 2.05) is 25.1 Å². The number of carboxylic acids is 1. The van der Waals surface area contributed by atoms with Gasteiger partial charge < -0.3 is 19.9 Å². The Balaban J connectivity index is 2.79. The Labute approximate surface area is 132 Å². The molecule has 0 aliphatic rings. The first-order chi connectivity index (χ1) is 10.5. The van der Waals surface area contributed by atoms with Gasteiger partial charge in [-0.15, -0.1) is 0 Å². The quantitative estimate of drug-likeness (QED) is 0.695. The Morgan fingerprint density at radius 2 is 1.91 bits per heavy atom. The Kier molecular flexibility index (Phi) is 7.74. The Bertz CT molecular complexity index is 476. The molecule has 2 unspecified atom stereocenters. The van der Waals surface area contributed by atoms with Gasteiger partial charge in [0.1, 0.15) is 6.04 Å². The van der Waals surface area contributed by atoms with E-state index in [1.54, 1.807) is 14.2 Å². The van der Waals surface area contributed by atoms with Crippen LogP contribution in [0.5, 0.6) is 11.5 Å². The van der Waals surface area contributed by atoms with Crippen LogP contribution in [0.25, 0.3) is 0 Å². The zero-order valence-corrected chi connectivity index (χ0v) is 13.9. The summed E-state index contributed by atoms with van der Waals surface area (Å²) in [6, 6.07) is 5.43. The lowest BCUT2D eigenvalue weighted by Gasteiger charge is -2.22. The molecule has 124 valence electrons. The highest BCUT2D eigenvalue weighted by atomic mass is 16.5. The second-order valence-electron chi connectivity index (χ2n) is 5.34. The van der Waals surface area contributed by atoms with Crippen LogP contribution >= 0.6 is 0 Å². The molecule has 0 saturated heterocycles. The molecule has 0 aliphatic heterocycles. The number of nitrogens with one attached hydrogen (secondary N) is 1. The van der Waals surface area contributed by atoms with Gasteiger partial charge in [0.25, 0.3) is 0 Å². The van der Waals surface area contributed by atoms with Gasteiger partial charge in [-0.25, -0.2) is 0 Å². The third-order valence-corrected chi connectivity index (χ3v) is 3.74. The minimum absolute atomic E-state index is 0.116. The van der Waals surface area contributed by atoms with Gasteiger partial charge in [0, 0.05) is 6.04 Å². The van der Waals surface area contributed by atoms with Gasteiger partial charge in [0.05, 0.1) is 14.2 Å². The van der Waals surface area contributed by atoms with Crippen LogP contribution in [-0.4, -0.2) is 37.4 Å². The molecular formula is C17H27NO4. The highest BCUT2D eigenvalue weighted by Gasteiger charge is 2.20. The molecule has 0 spiro atoms. The summed E-state index contributed by atoms with van der Waals surface area (Å²) in [5.41, 5.74) is 1.10. The molecule has 0 aromatic heterocycles. The van der Waals surface area contributed by atoms with Gasteiger partial charge in [-0.05, 0) is 37.0 Å². The van der Waals surface area contributed by atoms with Crippen LogP contribution in [0.2, 0.25) is 0 Å². The van der Waals surface area contributed by atoms with E-state index in [2.05, 4.69) is 12.2 Å². The third kappa shape index (κ3) is 5.22. The lowest BCUT2D eigenvalue weighted by molar-refractivity contribution is -0.139. The number of benzene rings is 1. The smallest absolute Gasteiger partial charge is 0.320 e. The van der Waals surface area contributed by atoms with E-state index < -0.39 is 12.0 Å². The molecule has 0 radical (unpaired) electrons. The molecule has 2 N–H and O–H groups in total. The van der Waals surface area contributed by atoms with Gasteiger partial charge >= 0.3 is 5.97 Å². The molecule has 2 atom stereocenters. The molecular weight excluding hydrogens is 282 g/mol. The first-order valence-electron chi connectivity index (χ1n) is 7.75. The molecule has 1 aromatic rings. The Morgan fingerprint density at radius 3 is 2.41 bits per heavy atom. The van der Waals surface area contributed by atoms with Gasteiger partial charge in [0.15, 0.2) is 11.5 Å². The van der Waals surface area contributed by atoms with Crippen molar-refractivity contribution in [2.75, 3.05) is 14.2 Å². The maximum absolute atomic E-state index is 11.3. The van der Waals surface area contributed by atoms with Crippen molar-refractivity contribution in [3.63, 3.8) is 0 Å². The molecule has 5 nitrogen and oxygen atoms in total. The number of carbonyl (C=O) groups is 1. The van der Waals surface area contributed by atoms with Crippen LogP contribution < -0.4 is 14.8 Å². The fourth-order valence-corrected chi connectivity index (χ4v) is 2.46. The van der Waals surface area contributed by atoms with Crippen molar-refractivity contribution in [3.8, 4) is 11.5 Å². The first kappa shape index (κ1) is 18.3. The van der Waals surface area contributed by atoms with Crippen molar-refractivity contribution in [2.45, 2.75) is 51.6 Å². The van der Waals surface area contributed by atoms with Gasteiger partial charge in [-0.1, -0.05) is 26.3 Å². The number of rotatable bonds is 10. The van der Waals surface area contributed by atoms with Crippen LogP contribution in [0, 0.1) is 0 Å². The predicted molar refractivity (Wildman–Crippen MR) is 86.8 cm³/mol. The van der Waals surface area contributed by atoms with Gasteiger partial charge in [0.2, 0.25) is 0 Å². The zero-order valence-electron chi connectivity index (χ0n) is 13.9. The summed E-state index contributed by atoms with van der Waals surface area (Å²) in [4.78, 5) is 11.3. The normalized spacial score (nSPS) is 13.5. The topological polar surface area (TPSA) is 67.8 Å². The molecule has 1 rings (SSSR count). The van der Waals surface area contributed by atoms with Crippen molar-refractivity contribution in [1.29, 1.82) is 0 Å². The molecule has 0 heterocycles. The molecule has 0 amide bonds. The highest BCUT2D eigenvalue weighted by Crippen LogP contribution is 2.28. The summed E-state index contributed by atoms with van der Waals surface area (Å²) in [5.74, 6) is 0.604. The standard InChI is InChI=1S/C17H27NO4/c1-5-7-14(17(19)20)18-13(6-2)10-12-8-9-15(21-3)16(11-12)22-4/h8-9,11,13-14,18H,5-7,10H2,1-4H3,(H,19,20). The van der Waals surface area contributed by atoms with Crippen LogP contribution in [0.3, 0.4) is 0 Å². The van der Waals surface area contributed by atoms with Crippen molar-refractivity contribution in [3.05, 3.63) is 23.8 Å². The second kappa shape index (κ2) is 9.30. The second-order valence-corrected chi connectivity index (χ2v) is 5.34. The highest BCUT2D eigenvalue weighted by molar-refractivity contribution is 5.73. The number of ether oxygens (including phenoxy) is 2. The zero-order chi connectivity index (χ0) is 16.5. The minimum Gasteiger partial charge on any atom is -0.493 e. The molecule has 5 heteroatoms. The summed E-state index contributed by atoms with van der Waals surface area (Å²) >= 11 is 0. The fraction of sp³-hybridized carbons (Fsp3) is 0.588. The minimum atomic E-state index is -0.785. The van der Waals surface area contributed by atoms with Crippen LogP contribution in [0.15, 0.2) is 18.2 Å². The number of carboxylic acid groups (broad SMARTS) is 1. The average Bonchev–Trinajstić information content (AvgIpc) is 2.53. The SMILES string of the molecule is CCCC(NC(CC)Cc1ccc(OC)c(OC)c1)C(=O)O. The summed E-state index contributed by atoms with van der Waals surface area (Å²) in [6.07, 6.45) is 3.10. The largest absolute Gasteiger partial charge is 0.493 e. The van der Waals surface area contributed by atoms with Crippen molar-refractivity contribution in [2.24, 2.45) is 0 Å². The van der Waals surface area contributed by atoms with E-state index in [9.17, 15) is 9.90 Å². The van der Waals surface area contributed by atoms with E-state index in [0.717, 1.165) is 24.8 Å². The van der Waals surface area contributed by atoms with Crippen molar-refractivity contribution in [1.82, 2.24) is 5.32 Å². The Morgan fingerprint density at radius 1 is 1.23 bits per heavy atom. The van der Waals surface area contributed by atoms with E-state index in [1.165, 1.54) is 0 Å². The predicted octanol–water partition coefficient (Wildman–Crippen LogP) is 2.87. The molecule has 0 saturated carbocycles. The number of hydrogen-bond donors (Lipinski definition) is 2. The lowest BCUT2D eigenvalue weighted by atomic mass is 10.0. The Hall–Kier alpha value is -1.75. The van der Waals surface area contributed by atoms with Crippen LogP contribution in [0.1, 0.15) is 38.7 Å². The van der Waals surface area contributed by atoms with Gasteiger partial charge in [-0.3, -0.25) is 4.79 Å². The monoisotopic (exact) mass is 309 g/mol.